The first kappa shape index (κ1) is 16.7. The van der Waals surface area contributed by atoms with E-state index in [-0.39, 0.29) is 11.1 Å². The normalized spacial score (nSPS) is 13.9. The number of aromatic amines is 2. The number of hydrogen-bond donors (Lipinski definition) is 2. The first-order chi connectivity index (χ1) is 13.2. The largest absolute Gasteiger partial charge is 0.309 e. The van der Waals surface area contributed by atoms with Crippen LogP contribution >= 0.6 is 23.1 Å². The van der Waals surface area contributed by atoms with Gasteiger partial charge in [-0.15, -0.1) is 11.3 Å². The molecule has 3 heterocycles. The Balaban J connectivity index is 1.47. The molecule has 0 unspecified atom stereocenters. The fraction of sp³-hybridized carbons (Fsp3) is 0.263. The number of aryl methyl sites for hydroxylation is 2. The van der Waals surface area contributed by atoms with Gasteiger partial charge in [-0.25, -0.2) is 9.97 Å². The summed E-state index contributed by atoms with van der Waals surface area (Å²) in [6.45, 7) is 0. The molecule has 1 aromatic carbocycles. The van der Waals surface area contributed by atoms with Gasteiger partial charge in [0.1, 0.15) is 10.7 Å². The monoisotopic (exact) mass is 396 g/mol. The Morgan fingerprint density at radius 2 is 1.89 bits per heavy atom. The molecule has 0 atom stereocenters. The summed E-state index contributed by atoms with van der Waals surface area (Å²) in [5.74, 6) is 0.997. The van der Waals surface area contributed by atoms with Crippen LogP contribution in [-0.4, -0.2) is 19.9 Å². The van der Waals surface area contributed by atoms with Crippen LogP contribution in [0, 0.1) is 0 Å². The number of hydrogen-bond acceptors (Lipinski definition) is 6. The smallest absolute Gasteiger partial charge is 0.260 e. The first-order valence-electron chi connectivity index (χ1n) is 8.84. The number of nitrogens with one attached hydrogen (secondary N) is 2. The molecule has 27 heavy (non-hydrogen) atoms. The molecule has 2 N–H and O–H groups in total. The predicted octanol–water partition coefficient (Wildman–Crippen LogP) is 3.39. The third-order valence-corrected chi connectivity index (χ3v) is 6.88. The Kier molecular flexibility index (Phi) is 4.09. The van der Waals surface area contributed by atoms with Crippen LogP contribution in [0.25, 0.3) is 21.1 Å². The molecule has 3 aromatic heterocycles. The summed E-state index contributed by atoms with van der Waals surface area (Å²) in [5.41, 5.74) is 1.63. The Bertz CT molecular complexity index is 1290. The second-order valence-electron chi connectivity index (χ2n) is 6.58. The minimum absolute atomic E-state index is 0.0677. The standard InChI is InChI=1S/C19H16N4O2S2/c24-16-10-5-1-3-7-12(10)20-14(21-16)9-26-19-22-17(25)15-11-6-2-4-8-13(11)27-18(15)23-19/h1,3,5,7H,2,4,6,8-9H2,(H,20,21,24)(H,22,23,25). The van der Waals surface area contributed by atoms with Crippen molar-refractivity contribution < 1.29 is 0 Å². The fourth-order valence-electron chi connectivity index (χ4n) is 3.55. The number of thioether (sulfide) groups is 1. The van der Waals surface area contributed by atoms with Crippen molar-refractivity contribution in [1.29, 1.82) is 0 Å². The van der Waals surface area contributed by atoms with E-state index in [0.29, 0.717) is 27.6 Å². The molecule has 0 saturated carbocycles. The van der Waals surface area contributed by atoms with Gasteiger partial charge in [0.05, 0.1) is 22.0 Å². The lowest BCUT2D eigenvalue weighted by Gasteiger charge is -2.09. The van der Waals surface area contributed by atoms with E-state index in [2.05, 4.69) is 19.9 Å². The summed E-state index contributed by atoms with van der Waals surface area (Å²) >= 11 is 3.01. The summed E-state index contributed by atoms with van der Waals surface area (Å²) in [6, 6.07) is 7.25. The van der Waals surface area contributed by atoms with E-state index in [1.165, 1.54) is 28.6 Å². The molecule has 0 radical (unpaired) electrons. The molecule has 6 nitrogen and oxygen atoms in total. The van der Waals surface area contributed by atoms with Crippen molar-refractivity contribution in [2.75, 3.05) is 0 Å². The van der Waals surface area contributed by atoms with Gasteiger partial charge in [-0.1, -0.05) is 23.9 Å². The Labute approximate surface area is 162 Å². The molecule has 8 heteroatoms. The van der Waals surface area contributed by atoms with Crippen LogP contribution in [-0.2, 0) is 18.6 Å². The van der Waals surface area contributed by atoms with Crippen molar-refractivity contribution in [2.45, 2.75) is 36.6 Å². The van der Waals surface area contributed by atoms with E-state index in [9.17, 15) is 9.59 Å². The van der Waals surface area contributed by atoms with Gasteiger partial charge in [-0.2, -0.15) is 0 Å². The van der Waals surface area contributed by atoms with Crippen molar-refractivity contribution >= 4 is 44.2 Å². The van der Waals surface area contributed by atoms with E-state index in [1.807, 2.05) is 18.2 Å². The van der Waals surface area contributed by atoms with Gasteiger partial charge < -0.3 is 9.97 Å². The summed E-state index contributed by atoms with van der Waals surface area (Å²) in [7, 11) is 0. The van der Waals surface area contributed by atoms with E-state index in [0.717, 1.165) is 29.5 Å². The van der Waals surface area contributed by atoms with Gasteiger partial charge in [0.2, 0.25) is 0 Å². The van der Waals surface area contributed by atoms with Crippen LogP contribution in [0.15, 0.2) is 39.0 Å². The minimum atomic E-state index is -0.154. The number of H-pyrrole nitrogens is 2. The van der Waals surface area contributed by atoms with Crippen LogP contribution in [0.3, 0.4) is 0 Å². The summed E-state index contributed by atoms with van der Waals surface area (Å²) < 4.78 is 0. The quantitative estimate of drug-likeness (QED) is 0.409. The first-order valence-corrected chi connectivity index (χ1v) is 10.6. The zero-order valence-corrected chi connectivity index (χ0v) is 16.0. The molecule has 0 amide bonds. The maximum Gasteiger partial charge on any atom is 0.260 e. The van der Waals surface area contributed by atoms with Gasteiger partial charge >= 0.3 is 0 Å². The summed E-state index contributed by atoms with van der Waals surface area (Å²) in [5, 5.41) is 1.89. The van der Waals surface area contributed by atoms with E-state index >= 15 is 0 Å². The Morgan fingerprint density at radius 1 is 1.04 bits per heavy atom. The molecule has 0 aliphatic heterocycles. The molecule has 136 valence electrons. The average Bonchev–Trinajstić information content (AvgIpc) is 3.05. The van der Waals surface area contributed by atoms with Crippen molar-refractivity contribution in [2.24, 2.45) is 0 Å². The second-order valence-corrected chi connectivity index (χ2v) is 8.63. The number of rotatable bonds is 3. The zero-order chi connectivity index (χ0) is 18.4. The highest BCUT2D eigenvalue weighted by atomic mass is 32.2. The highest BCUT2D eigenvalue weighted by molar-refractivity contribution is 7.98. The van der Waals surface area contributed by atoms with Gasteiger partial charge in [0, 0.05) is 4.88 Å². The Morgan fingerprint density at radius 3 is 2.81 bits per heavy atom. The van der Waals surface area contributed by atoms with E-state index in [1.54, 1.807) is 17.4 Å². The molecule has 0 spiro atoms. The number of fused-ring (bicyclic) bond motifs is 4. The van der Waals surface area contributed by atoms with Gasteiger partial charge in [-0.05, 0) is 43.4 Å². The van der Waals surface area contributed by atoms with Crippen LogP contribution in [0.2, 0.25) is 0 Å². The minimum Gasteiger partial charge on any atom is -0.309 e. The van der Waals surface area contributed by atoms with Crippen molar-refractivity contribution in [3.63, 3.8) is 0 Å². The van der Waals surface area contributed by atoms with Gasteiger partial charge in [0.15, 0.2) is 5.16 Å². The Hall–Kier alpha value is -2.45. The van der Waals surface area contributed by atoms with Crippen LogP contribution < -0.4 is 11.1 Å². The van der Waals surface area contributed by atoms with Crippen molar-refractivity contribution in [1.82, 2.24) is 19.9 Å². The number of benzene rings is 1. The van der Waals surface area contributed by atoms with Crippen LogP contribution in [0.4, 0.5) is 0 Å². The molecule has 1 aliphatic rings. The second kappa shape index (κ2) is 6.61. The topological polar surface area (TPSA) is 91.5 Å². The lowest BCUT2D eigenvalue weighted by Crippen LogP contribution is -2.12. The highest BCUT2D eigenvalue weighted by Gasteiger charge is 2.20. The molecule has 4 aromatic rings. The lowest BCUT2D eigenvalue weighted by atomic mass is 9.97. The maximum absolute atomic E-state index is 12.6. The molecule has 5 rings (SSSR count). The fourth-order valence-corrected chi connectivity index (χ4v) is 5.60. The van der Waals surface area contributed by atoms with Crippen LogP contribution in [0.1, 0.15) is 29.1 Å². The number of aromatic nitrogens is 4. The number of thiophene rings is 1. The van der Waals surface area contributed by atoms with Crippen molar-refractivity contribution in [3.8, 4) is 0 Å². The van der Waals surface area contributed by atoms with Gasteiger partial charge in [-0.3, -0.25) is 9.59 Å². The third kappa shape index (κ3) is 2.98. The molecule has 0 saturated heterocycles. The number of nitrogens with zero attached hydrogens (tertiary/aromatic N) is 2. The third-order valence-electron chi connectivity index (χ3n) is 4.81. The number of para-hydroxylation sites is 1. The molecular formula is C19H16N4O2S2. The van der Waals surface area contributed by atoms with E-state index < -0.39 is 0 Å². The predicted molar refractivity (Wildman–Crippen MR) is 109 cm³/mol. The van der Waals surface area contributed by atoms with Gasteiger partial charge in [0.25, 0.3) is 11.1 Å². The summed E-state index contributed by atoms with van der Waals surface area (Å²) in [4.78, 5) is 41.7. The summed E-state index contributed by atoms with van der Waals surface area (Å²) in [6.07, 6.45) is 4.32. The SMILES string of the molecule is O=c1[nH]c(CSc2nc3sc4c(c3c(=O)[nH]2)CCCC4)nc2ccccc12. The maximum atomic E-state index is 12.6. The van der Waals surface area contributed by atoms with Crippen LogP contribution in [0.5, 0.6) is 0 Å². The molecule has 0 bridgehead atoms. The molecular weight excluding hydrogens is 380 g/mol. The molecule has 1 aliphatic carbocycles. The lowest BCUT2D eigenvalue weighted by molar-refractivity contribution is 0.700. The molecule has 0 fully saturated rings. The zero-order valence-electron chi connectivity index (χ0n) is 14.4. The average molecular weight is 396 g/mol. The highest BCUT2D eigenvalue weighted by Crippen LogP contribution is 2.34. The van der Waals surface area contributed by atoms with Crippen molar-refractivity contribution in [3.05, 3.63) is 61.2 Å². The van der Waals surface area contributed by atoms with E-state index in [4.69, 9.17) is 0 Å².